The number of nitrogens with two attached hydrogens (primary N) is 1. The molecule has 18 heavy (non-hydrogen) atoms. The van der Waals surface area contributed by atoms with E-state index in [0.29, 0.717) is 12.3 Å². The Bertz CT molecular complexity index is 393. The van der Waals surface area contributed by atoms with Gasteiger partial charge in [-0.15, -0.1) is 0 Å². The first-order chi connectivity index (χ1) is 8.69. The summed E-state index contributed by atoms with van der Waals surface area (Å²) in [4.78, 5) is 2.07. The number of alkyl halides is 1. The van der Waals surface area contributed by atoms with Crippen LogP contribution in [0.25, 0.3) is 0 Å². The standard InChI is InChI=1S/C13H18F2N2O/c14-5-8-17-6-3-10(4-7-17)18-11-1-2-13(16)12(15)9-11/h1-2,9-10H,3-8,16H2. The van der Waals surface area contributed by atoms with Crippen LogP contribution in [0.3, 0.4) is 0 Å². The van der Waals surface area contributed by atoms with Crippen LogP contribution in [-0.4, -0.2) is 37.3 Å². The van der Waals surface area contributed by atoms with Crippen LogP contribution in [0, 0.1) is 5.82 Å². The molecule has 1 aliphatic rings. The summed E-state index contributed by atoms with van der Waals surface area (Å²) in [7, 11) is 0. The van der Waals surface area contributed by atoms with Crippen molar-refractivity contribution in [3.8, 4) is 5.75 Å². The number of nitrogens with zero attached hydrogens (tertiary/aromatic N) is 1. The molecule has 0 aliphatic carbocycles. The van der Waals surface area contributed by atoms with Gasteiger partial charge in [-0.05, 0) is 25.0 Å². The Morgan fingerprint density at radius 1 is 1.33 bits per heavy atom. The molecule has 1 aromatic carbocycles. The summed E-state index contributed by atoms with van der Waals surface area (Å²) in [6, 6.07) is 4.48. The van der Waals surface area contributed by atoms with Crippen molar-refractivity contribution in [1.29, 1.82) is 0 Å². The molecule has 0 bridgehead atoms. The molecule has 0 aromatic heterocycles. The highest BCUT2D eigenvalue weighted by atomic mass is 19.1. The smallest absolute Gasteiger partial charge is 0.149 e. The lowest BCUT2D eigenvalue weighted by Gasteiger charge is -2.31. The third kappa shape index (κ3) is 3.32. The van der Waals surface area contributed by atoms with Crippen molar-refractivity contribution in [1.82, 2.24) is 4.90 Å². The molecule has 1 aliphatic heterocycles. The Kier molecular flexibility index (Phi) is 4.36. The molecular weight excluding hydrogens is 238 g/mol. The Hall–Kier alpha value is -1.36. The van der Waals surface area contributed by atoms with Crippen molar-refractivity contribution >= 4 is 5.69 Å². The van der Waals surface area contributed by atoms with E-state index in [9.17, 15) is 8.78 Å². The van der Waals surface area contributed by atoms with Gasteiger partial charge in [-0.3, -0.25) is 0 Å². The summed E-state index contributed by atoms with van der Waals surface area (Å²) in [5.41, 5.74) is 5.53. The van der Waals surface area contributed by atoms with Crippen LogP contribution in [-0.2, 0) is 0 Å². The van der Waals surface area contributed by atoms with Crippen molar-refractivity contribution in [2.75, 3.05) is 32.0 Å². The van der Waals surface area contributed by atoms with Gasteiger partial charge in [0.25, 0.3) is 0 Å². The van der Waals surface area contributed by atoms with E-state index in [-0.39, 0.29) is 18.5 Å². The number of benzene rings is 1. The van der Waals surface area contributed by atoms with E-state index in [1.165, 1.54) is 12.1 Å². The van der Waals surface area contributed by atoms with Crippen LogP contribution in [0.2, 0.25) is 0 Å². The average Bonchev–Trinajstić information content (AvgIpc) is 2.37. The van der Waals surface area contributed by atoms with Crippen molar-refractivity contribution in [2.24, 2.45) is 0 Å². The summed E-state index contributed by atoms with van der Waals surface area (Å²) in [5.74, 6) is 0.0491. The second kappa shape index (κ2) is 6.00. The van der Waals surface area contributed by atoms with Gasteiger partial charge in [0.05, 0.1) is 5.69 Å². The highest BCUT2D eigenvalue weighted by Crippen LogP contribution is 2.22. The molecule has 0 atom stereocenters. The maximum absolute atomic E-state index is 13.2. The monoisotopic (exact) mass is 256 g/mol. The molecule has 5 heteroatoms. The molecule has 0 spiro atoms. The molecule has 3 nitrogen and oxygen atoms in total. The normalized spacial score (nSPS) is 17.9. The first kappa shape index (κ1) is 13.1. The van der Waals surface area contributed by atoms with Gasteiger partial charge in [0.15, 0.2) is 0 Å². The number of nitrogen functional groups attached to an aromatic ring is 1. The fraction of sp³-hybridized carbons (Fsp3) is 0.538. The summed E-state index contributed by atoms with van der Waals surface area (Å²) in [5, 5.41) is 0. The summed E-state index contributed by atoms with van der Waals surface area (Å²) < 4.78 is 31.1. The molecule has 0 amide bonds. The lowest BCUT2D eigenvalue weighted by Crippen LogP contribution is -2.39. The highest BCUT2D eigenvalue weighted by molar-refractivity contribution is 5.43. The summed E-state index contributed by atoms with van der Waals surface area (Å²) >= 11 is 0. The zero-order chi connectivity index (χ0) is 13.0. The van der Waals surface area contributed by atoms with Gasteiger partial charge < -0.3 is 15.4 Å². The van der Waals surface area contributed by atoms with E-state index in [0.717, 1.165) is 25.9 Å². The molecule has 1 fully saturated rings. The van der Waals surface area contributed by atoms with E-state index < -0.39 is 5.82 Å². The van der Waals surface area contributed by atoms with Crippen LogP contribution in [0.1, 0.15) is 12.8 Å². The number of anilines is 1. The topological polar surface area (TPSA) is 38.5 Å². The Labute approximate surface area is 106 Å². The molecular formula is C13H18F2N2O. The minimum Gasteiger partial charge on any atom is -0.490 e. The molecule has 1 saturated heterocycles. The van der Waals surface area contributed by atoms with Gasteiger partial charge in [0.1, 0.15) is 24.3 Å². The van der Waals surface area contributed by atoms with Gasteiger partial charge in [-0.25, -0.2) is 8.78 Å². The van der Waals surface area contributed by atoms with E-state index in [4.69, 9.17) is 10.5 Å². The third-order valence-electron chi connectivity index (χ3n) is 3.21. The van der Waals surface area contributed by atoms with Gasteiger partial charge in [-0.2, -0.15) is 0 Å². The number of likely N-dealkylation sites (tertiary alicyclic amines) is 1. The largest absolute Gasteiger partial charge is 0.490 e. The Morgan fingerprint density at radius 2 is 2.06 bits per heavy atom. The number of hydrogen-bond acceptors (Lipinski definition) is 3. The first-order valence-corrected chi connectivity index (χ1v) is 6.19. The summed E-state index contributed by atoms with van der Waals surface area (Å²) in [6.45, 7) is 1.83. The van der Waals surface area contributed by atoms with Crippen molar-refractivity contribution in [3.05, 3.63) is 24.0 Å². The van der Waals surface area contributed by atoms with Crippen LogP contribution >= 0.6 is 0 Å². The Balaban J connectivity index is 1.85. The first-order valence-electron chi connectivity index (χ1n) is 6.19. The number of halogens is 2. The SMILES string of the molecule is Nc1ccc(OC2CCN(CCF)CC2)cc1F. The molecule has 1 aromatic rings. The fourth-order valence-electron chi connectivity index (χ4n) is 2.14. The minimum atomic E-state index is -0.456. The maximum atomic E-state index is 13.2. The number of rotatable bonds is 4. The van der Waals surface area contributed by atoms with Crippen molar-refractivity contribution < 1.29 is 13.5 Å². The fourth-order valence-corrected chi connectivity index (χ4v) is 2.14. The quantitative estimate of drug-likeness (QED) is 0.839. The van der Waals surface area contributed by atoms with Crippen LogP contribution in [0.4, 0.5) is 14.5 Å². The van der Waals surface area contributed by atoms with E-state index >= 15 is 0 Å². The van der Waals surface area contributed by atoms with Crippen molar-refractivity contribution in [2.45, 2.75) is 18.9 Å². The second-order valence-corrected chi connectivity index (χ2v) is 4.53. The van der Waals surface area contributed by atoms with Crippen LogP contribution in [0.5, 0.6) is 5.75 Å². The zero-order valence-electron chi connectivity index (χ0n) is 10.2. The van der Waals surface area contributed by atoms with Crippen LogP contribution < -0.4 is 10.5 Å². The van der Waals surface area contributed by atoms with Gasteiger partial charge in [0.2, 0.25) is 0 Å². The van der Waals surface area contributed by atoms with E-state index in [1.807, 2.05) is 0 Å². The lowest BCUT2D eigenvalue weighted by atomic mass is 10.1. The second-order valence-electron chi connectivity index (χ2n) is 4.53. The molecule has 100 valence electrons. The predicted octanol–water partition coefficient (Wildman–Crippen LogP) is 2.22. The van der Waals surface area contributed by atoms with Crippen LogP contribution in [0.15, 0.2) is 18.2 Å². The lowest BCUT2D eigenvalue weighted by molar-refractivity contribution is 0.0966. The van der Waals surface area contributed by atoms with Gasteiger partial charge in [0, 0.05) is 25.7 Å². The zero-order valence-corrected chi connectivity index (χ0v) is 10.2. The minimum absolute atomic E-state index is 0.0730. The van der Waals surface area contributed by atoms with Gasteiger partial charge in [-0.1, -0.05) is 0 Å². The number of piperidine rings is 1. The van der Waals surface area contributed by atoms with E-state index in [2.05, 4.69) is 4.90 Å². The molecule has 2 N–H and O–H groups in total. The number of ether oxygens (including phenoxy) is 1. The molecule has 2 rings (SSSR count). The molecule has 0 saturated carbocycles. The predicted molar refractivity (Wildman–Crippen MR) is 66.9 cm³/mol. The van der Waals surface area contributed by atoms with Crippen molar-refractivity contribution in [3.63, 3.8) is 0 Å². The average molecular weight is 256 g/mol. The maximum Gasteiger partial charge on any atom is 0.149 e. The molecule has 0 unspecified atom stereocenters. The van der Waals surface area contributed by atoms with Gasteiger partial charge >= 0.3 is 0 Å². The third-order valence-corrected chi connectivity index (χ3v) is 3.21. The molecule has 0 radical (unpaired) electrons. The number of hydrogen-bond donors (Lipinski definition) is 1. The highest BCUT2D eigenvalue weighted by Gasteiger charge is 2.20. The summed E-state index contributed by atoms with van der Waals surface area (Å²) in [6.07, 6.45) is 1.75. The van der Waals surface area contributed by atoms with E-state index in [1.54, 1.807) is 6.07 Å². The molecule has 1 heterocycles. The Morgan fingerprint density at radius 3 is 2.67 bits per heavy atom.